The number of halogens is 1. The van der Waals surface area contributed by atoms with Crippen LogP contribution in [0.15, 0.2) is 82.4 Å². The van der Waals surface area contributed by atoms with E-state index in [-0.39, 0.29) is 12.5 Å². The summed E-state index contributed by atoms with van der Waals surface area (Å²) in [5.41, 5.74) is 5.58. The highest BCUT2D eigenvalue weighted by atomic mass is 79.9. The van der Waals surface area contributed by atoms with Crippen LogP contribution in [-0.2, 0) is 17.8 Å². The van der Waals surface area contributed by atoms with E-state index in [4.69, 9.17) is 9.47 Å². The molecular formula is C24H23BrN2O3. The van der Waals surface area contributed by atoms with Gasteiger partial charge in [0.05, 0.1) is 10.7 Å². The number of aryl methyl sites for hydroxylation is 1. The van der Waals surface area contributed by atoms with Crippen molar-refractivity contribution in [1.82, 2.24) is 5.43 Å². The highest BCUT2D eigenvalue weighted by Gasteiger charge is 2.05. The van der Waals surface area contributed by atoms with E-state index < -0.39 is 0 Å². The number of amides is 1. The molecular weight excluding hydrogens is 444 g/mol. The van der Waals surface area contributed by atoms with Gasteiger partial charge < -0.3 is 9.47 Å². The molecule has 0 aliphatic heterocycles. The summed E-state index contributed by atoms with van der Waals surface area (Å²) in [5.74, 6) is 1.02. The van der Waals surface area contributed by atoms with Crippen molar-refractivity contribution in [1.29, 1.82) is 0 Å². The van der Waals surface area contributed by atoms with E-state index in [2.05, 4.69) is 33.4 Å². The van der Waals surface area contributed by atoms with Crippen molar-refractivity contribution >= 4 is 28.1 Å². The van der Waals surface area contributed by atoms with Gasteiger partial charge >= 0.3 is 0 Å². The first kappa shape index (κ1) is 21.6. The molecule has 3 aromatic carbocycles. The second kappa shape index (κ2) is 11.2. The molecule has 0 spiro atoms. The SMILES string of the molecule is CCc1ccc(OCC(=O)NN=Cc2cccc(OCc3ccccc3)c2)c(Br)c1. The van der Waals surface area contributed by atoms with Gasteiger partial charge in [0.25, 0.3) is 5.91 Å². The van der Waals surface area contributed by atoms with Crippen LogP contribution in [0.3, 0.4) is 0 Å². The molecule has 0 bridgehead atoms. The maximum Gasteiger partial charge on any atom is 0.277 e. The molecule has 0 fully saturated rings. The Morgan fingerprint density at radius 2 is 1.83 bits per heavy atom. The van der Waals surface area contributed by atoms with E-state index in [1.807, 2.05) is 72.8 Å². The molecule has 6 heteroatoms. The Morgan fingerprint density at radius 1 is 1.00 bits per heavy atom. The second-order valence-corrected chi connectivity index (χ2v) is 7.40. The molecule has 0 saturated carbocycles. The lowest BCUT2D eigenvalue weighted by atomic mass is 10.2. The Labute approximate surface area is 184 Å². The van der Waals surface area contributed by atoms with Crippen molar-refractivity contribution in [3.8, 4) is 11.5 Å². The van der Waals surface area contributed by atoms with Crippen LogP contribution in [-0.4, -0.2) is 18.7 Å². The zero-order chi connectivity index (χ0) is 21.2. The Hall–Kier alpha value is -3.12. The summed E-state index contributed by atoms with van der Waals surface area (Å²) < 4.78 is 12.2. The van der Waals surface area contributed by atoms with E-state index >= 15 is 0 Å². The van der Waals surface area contributed by atoms with Gasteiger partial charge in [0, 0.05) is 0 Å². The third kappa shape index (κ3) is 6.74. The summed E-state index contributed by atoms with van der Waals surface area (Å²) >= 11 is 3.46. The third-order valence-corrected chi connectivity index (χ3v) is 4.89. The van der Waals surface area contributed by atoms with Crippen molar-refractivity contribution in [2.24, 2.45) is 5.10 Å². The first-order valence-corrected chi connectivity index (χ1v) is 10.4. The van der Waals surface area contributed by atoms with Gasteiger partial charge in [-0.2, -0.15) is 5.10 Å². The van der Waals surface area contributed by atoms with Crippen LogP contribution in [0.5, 0.6) is 11.5 Å². The van der Waals surface area contributed by atoms with Crippen molar-refractivity contribution < 1.29 is 14.3 Å². The van der Waals surface area contributed by atoms with Gasteiger partial charge in [0.1, 0.15) is 18.1 Å². The number of hydrogen-bond donors (Lipinski definition) is 1. The number of rotatable bonds is 9. The Kier molecular flexibility index (Phi) is 8.03. The summed E-state index contributed by atoms with van der Waals surface area (Å²) in [6.07, 6.45) is 2.51. The fourth-order valence-electron chi connectivity index (χ4n) is 2.66. The normalized spacial score (nSPS) is 10.7. The summed E-state index contributed by atoms with van der Waals surface area (Å²) in [7, 11) is 0. The molecule has 0 atom stereocenters. The molecule has 1 amide bonds. The van der Waals surface area contributed by atoms with Gasteiger partial charge in [-0.05, 0) is 63.3 Å². The van der Waals surface area contributed by atoms with Crippen LogP contribution in [0, 0.1) is 0 Å². The molecule has 0 unspecified atom stereocenters. The molecule has 0 heterocycles. The van der Waals surface area contributed by atoms with Gasteiger partial charge in [0.15, 0.2) is 6.61 Å². The molecule has 1 N–H and O–H groups in total. The summed E-state index contributed by atoms with van der Waals surface area (Å²) in [4.78, 5) is 12.0. The topological polar surface area (TPSA) is 59.9 Å². The number of carbonyl (C=O) groups is 1. The lowest BCUT2D eigenvalue weighted by molar-refractivity contribution is -0.123. The maximum atomic E-state index is 12.0. The molecule has 154 valence electrons. The van der Waals surface area contributed by atoms with Gasteiger partial charge in [-0.1, -0.05) is 55.5 Å². The molecule has 5 nitrogen and oxygen atoms in total. The number of benzene rings is 3. The van der Waals surface area contributed by atoms with E-state index in [0.717, 1.165) is 27.8 Å². The van der Waals surface area contributed by atoms with Crippen molar-refractivity contribution in [3.05, 3.63) is 94.0 Å². The van der Waals surface area contributed by atoms with E-state index in [1.165, 1.54) is 5.56 Å². The van der Waals surface area contributed by atoms with E-state index in [0.29, 0.717) is 12.4 Å². The zero-order valence-corrected chi connectivity index (χ0v) is 18.3. The lowest BCUT2D eigenvalue weighted by Crippen LogP contribution is -2.24. The Morgan fingerprint density at radius 3 is 2.60 bits per heavy atom. The maximum absolute atomic E-state index is 12.0. The Bertz CT molecular complexity index is 1010. The highest BCUT2D eigenvalue weighted by Crippen LogP contribution is 2.26. The molecule has 0 aliphatic carbocycles. The summed E-state index contributed by atoms with van der Waals surface area (Å²) in [5, 5.41) is 3.99. The van der Waals surface area contributed by atoms with Gasteiger partial charge in [-0.15, -0.1) is 0 Å². The van der Waals surface area contributed by atoms with Crippen LogP contribution in [0.4, 0.5) is 0 Å². The largest absolute Gasteiger partial charge is 0.489 e. The van der Waals surface area contributed by atoms with Crippen molar-refractivity contribution in [3.63, 3.8) is 0 Å². The minimum Gasteiger partial charge on any atom is -0.489 e. The quantitative estimate of drug-likeness (QED) is 0.351. The monoisotopic (exact) mass is 466 g/mol. The smallest absolute Gasteiger partial charge is 0.277 e. The molecule has 3 rings (SSSR count). The molecule has 0 aromatic heterocycles. The first-order valence-electron chi connectivity index (χ1n) is 9.64. The number of hydrogen-bond acceptors (Lipinski definition) is 4. The van der Waals surface area contributed by atoms with Gasteiger partial charge in [-0.3, -0.25) is 4.79 Å². The predicted octanol–water partition coefficient (Wildman–Crippen LogP) is 5.12. The third-order valence-electron chi connectivity index (χ3n) is 4.27. The minimum atomic E-state index is -0.339. The lowest BCUT2D eigenvalue weighted by Gasteiger charge is -2.08. The molecule has 0 saturated heterocycles. The fourth-order valence-corrected chi connectivity index (χ4v) is 3.20. The fraction of sp³-hybridized carbons (Fsp3) is 0.167. The molecule has 3 aromatic rings. The average molecular weight is 467 g/mol. The van der Waals surface area contributed by atoms with Crippen molar-refractivity contribution in [2.45, 2.75) is 20.0 Å². The number of ether oxygens (including phenoxy) is 2. The molecule has 0 aliphatic rings. The van der Waals surface area contributed by atoms with Crippen molar-refractivity contribution in [2.75, 3.05) is 6.61 Å². The minimum absolute atomic E-state index is 0.123. The van der Waals surface area contributed by atoms with Crippen LogP contribution in [0.2, 0.25) is 0 Å². The van der Waals surface area contributed by atoms with Crippen LogP contribution in [0.25, 0.3) is 0 Å². The average Bonchev–Trinajstić information content (AvgIpc) is 2.78. The van der Waals surface area contributed by atoms with E-state index in [1.54, 1.807) is 6.21 Å². The Balaban J connectivity index is 1.47. The number of nitrogens with one attached hydrogen (secondary N) is 1. The zero-order valence-electron chi connectivity index (χ0n) is 16.7. The van der Waals surface area contributed by atoms with Crippen LogP contribution >= 0.6 is 15.9 Å². The summed E-state index contributed by atoms with van der Waals surface area (Å²) in [6.45, 7) is 2.45. The standard InChI is InChI=1S/C24H23BrN2O3/c1-2-18-11-12-23(22(25)14-18)30-17-24(28)27-26-15-20-9-6-10-21(13-20)29-16-19-7-4-3-5-8-19/h3-15H,2,16-17H2,1H3,(H,27,28). The second-order valence-electron chi connectivity index (χ2n) is 6.55. The first-order chi connectivity index (χ1) is 14.6. The summed E-state index contributed by atoms with van der Waals surface area (Å²) in [6, 6.07) is 23.3. The van der Waals surface area contributed by atoms with Crippen LogP contribution in [0.1, 0.15) is 23.6 Å². The highest BCUT2D eigenvalue weighted by molar-refractivity contribution is 9.10. The predicted molar refractivity (Wildman–Crippen MR) is 122 cm³/mol. The number of nitrogens with zero attached hydrogens (tertiary/aromatic N) is 1. The number of carbonyl (C=O) groups excluding carboxylic acids is 1. The number of hydrazone groups is 1. The van der Waals surface area contributed by atoms with Crippen LogP contribution < -0.4 is 14.9 Å². The molecule has 30 heavy (non-hydrogen) atoms. The van der Waals surface area contributed by atoms with Gasteiger partial charge in [0.2, 0.25) is 0 Å². The van der Waals surface area contributed by atoms with E-state index in [9.17, 15) is 4.79 Å². The molecule has 0 radical (unpaired) electrons. The van der Waals surface area contributed by atoms with Gasteiger partial charge in [-0.25, -0.2) is 5.43 Å².